The summed E-state index contributed by atoms with van der Waals surface area (Å²) >= 11 is 0. The molecule has 1 heterocycles. The predicted octanol–water partition coefficient (Wildman–Crippen LogP) is 1.03. The maximum atomic E-state index is 12.5. The number of primary sulfonamides is 1. The molecule has 0 aromatic heterocycles. The Labute approximate surface area is 162 Å². The molecule has 1 aliphatic rings. The second-order valence-electron chi connectivity index (χ2n) is 6.30. The Hall–Kier alpha value is -3.11. The maximum Gasteiger partial charge on any atom is 0.321 e. The van der Waals surface area contributed by atoms with Gasteiger partial charge in [0.15, 0.2) is 0 Å². The van der Waals surface area contributed by atoms with Crippen molar-refractivity contribution >= 4 is 27.6 Å². The van der Waals surface area contributed by atoms with Gasteiger partial charge in [-0.15, -0.1) is 0 Å². The van der Waals surface area contributed by atoms with Crippen LogP contribution >= 0.6 is 0 Å². The highest BCUT2D eigenvalue weighted by Gasteiger charge is 2.26. The number of aromatic hydroxyl groups is 1. The Kier molecular flexibility index (Phi) is 5.52. The maximum absolute atomic E-state index is 12.5. The summed E-state index contributed by atoms with van der Waals surface area (Å²) in [6.45, 7) is 1.34. The SMILES string of the molecule is NS(=O)(=O)c1ccc(NC(=O)N2CCN(C(=O)c3ccccc3O)CC2)cc1. The number of nitrogens with zero attached hydrogens (tertiary/aromatic N) is 2. The average Bonchev–Trinajstić information content (AvgIpc) is 2.67. The van der Waals surface area contributed by atoms with Crippen molar-refractivity contribution in [2.24, 2.45) is 5.14 Å². The molecule has 28 heavy (non-hydrogen) atoms. The van der Waals surface area contributed by atoms with Crippen molar-refractivity contribution in [1.82, 2.24) is 9.80 Å². The van der Waals surface area contributed by atoms with Crippen LogP contribution in [0.25, 0.3) is 0 Å². The molecule has 4 N–H and O–H groups in total. The third kappa shape index (κ3) is 4.41. The van der Waals surface area contributed by atoms with E-state index in [9.17, 15) is 23.1 Å². The van der Waals surface area contributed by atoms with E-state index >= 15 is 0 Å². The summed E-state index contributed by atoms with van der Waals surface area (Å²) in [4.78, 5) is 28.0. The van der Waals surface area contributed by atoms with Crippen LogP contribution < -0.4 is 10.5 Å². The van der Waals surface area contributed by atoms with E-state index in [-0.39, 0.29) is 28.1 Å². The van der Waals surface area contributed by atoms with E-state index in [0.717, 1.165) is 0 Å². The van der Waals surface area contributed by atoms with Crippen LogP contribution in [0.4, 0.5) is 10.5 Å². The van der Waals surface area contributed by atoms with E-state index in [2.05, 4.69) is 5.32 Å². The smallest absolute Gasteiger partial charge is 0.321 e. The first kappa shape index (κ1) is 19.6. The van der Waals surface area contributed by atoms with Crippen LogP contribution in [0.15, 0.2) is 53.4 Å². The van der Waals surface area contributed by atoms with Crippen LogP contribution in [0, 0.1) is 0 Å². The Morgan fingerprint density at radius 3 is 2.07 bits per heavy atom. The van der Waals surface area contributed by atoms with Crippen molar-refractivity contribution in [2.45, 2.75) is 4.90 Å². The quantitative estimate of drug-likeness (QED) is 0.703. The van der Waals surface area contributed by atoms with Crippen molar-refractivity contribution in [3.05, 3.63) is 54.1 Å². The average molecular weight is 404 g/mol. The van der Waals surface area contributed by atoms with Gasteiger partial charge in [-0.05, 0) is 36.4 Å². The number of nitrogens with two attached hydrogens (primary N) is 1. The molecular formula is C18H20N4O5S. The number of anilines is 1. The minimum absolute atomic E-state index is 0.0400. The van der Waals surface area contributed by atoms with Gasteiger partial charge in [0.05, 0.1) is 10.5 Å². The first-order chi connectivity index (χ1) is 13.3. The van der Waals surface area contributed by atoms with Crippen LogP contribution in [0.2, 0.25) is 0 Å². The van der Waals surface area contributed by atoms with Gasteiger partial charge in [0, 0.05) is 31.9 Å². The van der Waals surface area contributed by atoms with Crippen LogP contribution in [0.3, 0.4) is 0 Å². The van der Waals surface area contributed by atoms with E-state index in [1.165, 1.54) is 30.3 Å². The molecule has 0 atom stereocenters. The molecule has 1 saturated heterocycles. The second kappa shape index (κ2) is 7.87. The summed E-state index contributed by atoms with van der Waals surface area (Å²) < 4.78 is 22.5. The lowest BCUT2D eigenvalue weighted by molar-refractivity contribution is 0.0668. The number of nitrogens with one attached hydrogen (secondary N) is 1. The van der Waals surface area contributed by atoms with E-state index < -0.39 is 10.0 Å². The molecule has 0 unspecified atom stereocenters. The Balaban J connectivity index is 1.57. The van der Waals surface area contributed by atoms with Gasteiger partial charge < -0.3 is 20.2 Å². The highest BCUT2D eigenvalue weighted by atomic mass is 32.2. The lowest BCUT2D eigenvalue weighted by Gasteiger charge is -2.34. The number of piperazine rings is 1. The van der Waals surface area contributed by atoms with Crippen molar-refractivity contribution in [2.75, 3.05) is 31.5 Å². The largest absolute Gasteiger partial charge is 0.507 e. The van der Waals surface area contributed by atoms with Crippen LogP contribution in [0.1, 0.15) is 10.4 Å². The number of carbonyl (C=O) groups excluding carboxylic acids is 2. The topological polar surface area (TPSA) is 133 Å². The summed E-state index contributed by atoms with van der Waals surface area (Å²) in [5, 5.41) is 17.5. The van der Waals surface area contributed by atoms with Crippen molar-refractivity contribution in [3.63, 3.8) is 0 Å². The number of sulfonamides is 1. The minimum Gasteiger partial charge on any atom is -0.507 e. The molecule has 0 spiro atoms. The van der Waals surface area contributed by atoms with Crippen molar-refractivity contribution in [1.29, 1.82) is 0 Å². The molecule has 2 aromatic carbocycles. The zero-order chi connectivity index (χ0) is 20.3. The van der Waals surface area contributed by atoms with Gasteiger partial charge in [-0.25, -0.2) is 18.4 Å². The fourth-order valence-electron chi connectivity index (χ4n) is 2.87. The fraction of sp³-hybridized carbons (Fsp3) is 0.222. The normalized spacial score (nSPS) is 14.6. The molecule has 0 radical (unpaired) electrons. The van der Waals surface area contributed by atoms with Crippen LogP contribution in [0.5, 0.6) is 5.75 Å². The number of carbonyl (C=O) groups is 2. The van der Waals surface area contributed by atoms with Crippen molar-refractivity contribution in [3.8, 4) is 5.75 Å². The number of amides is 3. The van der Waals surface area contributed by atoms with Gasteiger partial charge >= 0.3 is 6.03 Å². The molecule has 10 heteroatoms. The Morgan fingerprint density at radius 2 is 1.50 bits per heavy atom. The van der Waals surface area contributed by atoms with Gasteiger partial charge in [0.1, 0.15) is 5.75 Å². The third-order valence-electron chi connectivity index (χ3n) is 4.42. The summed E-state index contributed by atoms with van der Waals surface area (Å²) in [5.74, 6) is -0.354. The summed E-state index contributed by atoms with van der Waals surface area (Å²) in [7, 11) is -3.79. The highest BCUT2D eigenvalue weighted by Crippen LogP contribution is 2.19. The first-order valence-electron chi connectivity index (χ1n) is 8.52. The molecule has 1 fully saturated rings. The summed E-state index contributed by atoms with van der Waals surface area (Å²) in [5.41, 5.74) is 0.667. The molecule has 9 nitrogen and oxygen atoms in total. The summed E-state index contributed by atoms with van der Waals surface area (Å²) in [6.07, 6.45) is 0. The van der Waals surface area contributed by atoms with E-state index in [1.807, 2.05) is 0 Å². The van der Waals surface area contributed by atoms with Gasteiger partial charge in [-0.3, -0.25) is 4.79 Å². The zero-order valence-corrected chi connectivity index (χ0v) is 15.7. The third-order valence-corrected chi connectivity index (χ3v) is 5.35. The molecule has 3 amide bonds. The molecule has 0 bridgehead atoms. The van der Waals surface area contributed by atoms with Crippen molar-refractivity contribution < 1.29 is 23.1 Å². The Bertz CT molecular complexity index is 983. The number of urea groups is 1. The predicted molar refractivity (Wildman–Crippen MR) is 102 cm³/mol. The minimum atomic E-state index is -3.79. The molecule has 1 aliphatic heterocycles. The van der Waals surface area contributed by atoms with Crippen LogP contribution in [-0.2, 0) is 10.0 Å². The van der Waals surface area contributed by atoms with Gasteiger partial charge in [0.2, 0.25) is 10.0 Å². The summed E-state index contributed by atoms with van der Waals surface area (Å²) in [6, 6.07) is 11.5. The molecule has 0 saturated carbocycles. The van der Waals surface area contributed by atoms with E-state index in [0.29, 0.717) is 31.9 Å². The van der Waals surface area contributed by atoms with Gasteiger partial charge in [-0.1, -0.05) is 12.1 Å². The molecular weight excluding hydrogens is 384 g/mol. The fourth-order valence-corrected chi connectivity index (χ4v) is 3.38. The molecule has 0 aliphatic carbocycles. The number of rotatable bonds is 3. The van der Waals surface area contributed by atoms with Crippen LogP contribution in [-0.4, -0.2) is 61.4 Å². The first-order valence-corrected chi connectivity index (χ1v) is 10.1. The molecule has 148 valence electrons. The van der Waals surface area contributed by atoms with Gasteiger partial charge in [0.25, 0.3) is 5.91 Å². The standard InChI is InChI=1S/C18H20N4O5S/c19-28(26,27)14-7-5-13(6-8-14)20-18(25)22-11-9-21(10-12-22)17(24)15-3-1-2-4-16(15)23/h1-8,23H,9-12H2,(H,20,25)(H2,19,26,27). The number of phenolic OH excluding ortho intramolecular Hbond substituents is 1. The number of hydrogen-bond donors (Lipinski definition) is 3. The van der Waals surface area contributed by atoms with E-state index in [4.69, 9.17) is 5.14 Å². The highest BCUT2D eigenvalue weighted by molar-refractivity contribution is 7.89. The zero-order valence-electron chi connectivity index (χ0n) is 14.9. The van der Waals surface area contributed by atoms with E-state index in [1.54, 1.807) is 28.0 Å². The number of hydrogen-bond acceptors (Lipinski definition) is 5. The number of benzene rings is 2. The number of para-hydroxylation sites is 1. The lowest BCUT2D eigenvalue weighted by Crippen LogP contribution is -2.51. The second-order valence-corrected chi connectivity index (χ2v) is 7.86. The number of phenols is 1. The monoisotopic (exact) mass is 404 g/mol. The molecule has 3 rings (SSSR count). The lowest BCUT2D eigenvalue weighted by atomic mass is 10.1. The van der Waals surface area contributed by atoms with Gasteiger partial charge in [-0.2, -0.15) is 0 Å². The Morgan fingerprint density at radius 1 is 0.929 bits per heavy atom. The molecule has 2 aromatic rings.